The Morgan fingerprint density at radius 2 is 1.77 bits per heavy atom. The fraction of sp³-hybridized carbons (Fsp3) is 0.158. The van der Waals surface area contributed by atoms with E-state index in [2.05, 4.69) is 11.2 Å². The lowest BCUT2D eigenvalue weighted by atomic mass is 9.95. The van der Waals surface area contributed by atoms with Crippen LogP contribution in [0.4, 0.5) is 0 Å². The van der Waals surface area contributed by atoms with E-state index in [1.807, 2.05) is 24.3 Å². The fourth-order valence-corrected chi connectivity index (χ4v) is 2.15. The minimum Gasteiger partial charge on any atom is -0.345 e. The number of nitrogens with one attached hydrogen (secondary N) is 1. The summed E-state index contributed by atoms with van der Waals surface area (Å²) in [6, 6.07) is 16.2. The second-order valence-electron chi connectivity index (χ2n) is 4.96. The highest BCUT2D eigenvalue weighted by molar-refractivity contribution is 6.09. The molecule has 0 saturated heterocycles. The van der Waals surface area contributed by atoms with E-state index in [4.69, 9.17) is 6.42 Å². The Morgan fingerprint density at radius 3 is 2.45 bits per heavy atom. The molecule has 3 heteroatoms. The van der Waals surface area contributed by atoms with E-state index < -0.39 is 0 Å². The number of carbonyl (C=O) groups excluding carboxylic acids is 2. The number of benzene rings is 2. The smallest absolute Gasteiger partial charge is 0.228 e. The van der Waals surface area contributed by atoms with Crippen LogP contribution in [0.3, 0.4) is 0 Å². The molecule has 0 saturated carbocycles. The van der Waals surface area contributed by atoms with E-state index in [0.717, 1.165) is 5.56 Å². The van der Waals surface area contributed by atoms with Gasteiger partial charge in [-0.05, 0) is 18.6 Å². The van der Waals surface area contributed by atoms with Gasteiger partial charge >= 0.3 is 0 Å². The first kappa shape index (κ1) is 15.5. The van der Waals surface area contributed by atoms with Gasteiger partial charge in [-0.25, -0.2) is 0 Å². The van der Waals surface area contributed by atoms with Crippen LogP contribution in [0.25, 0.3) is 0 Å². The molecule has 110 valence electrons. The molecule has 0 aromatic heterocycles. The highest BCUT2D eigenvalue weighted by Crippen LogP contribution is 2.19. The van der Waals surface area contributed by atoms with Crippen molar-refractivity contribution < 1.29 is 9.59 Å². The molecule has 0 heterocycles. The molecule has 2 aromatic carbocycles. The normalized spacial score (nSPS) is 11.3. The van der Waals surface area contributed by atoms with E-state index in [9.17, 15) is 9.59 Å². The van der Waals surface area contributed by atoms with Gasteiger partial charge in [-0.1, -0.05) is 54.5 Å². The Balaban J connectivity index is 2.22. The summed E-state index contributed by atoms with van der Waals surface area (Å²) in [4.78, 5) is 24.4. The third-order valence-corrected chi connectivity index (χ3v) is 3.44. The van der Waals surface area contributed by atoms with Crippen LogP contribution in [0, 0.1) is 12.3 Å². The molecule has 1 atom stereocenters. The molecule has 0 aliphatic heterocycles. The van der Waals surface area contributed by atoms with Gasteiger partial charge in [0.15, 0.2) is 5.78 Å². The van der Waals surface area contributed by atoms with Gasteiger partial charge in [-0.15, -0.1) is 6.42 Å². The summed E-state index contributed by atoms with van der Waals surface area (Å²) in [5, 5.41) is 2.65. The number of ketones is 1. The molecule has 3 nitrogen and oxygen atoms in total. The van der Waals surface area contributed by atoms with Crippen molar-refractivity contribution in [1.29, 1.82) is 0 Å². The van der Waals surface area contributed by atoms with Gasteiger partial charge in [-0.2, -0.15) is 0 Å². The number of amides is 1. The van der Waals surface area contributed by atoms with Gasteiger partial charge in [0.05, 0.1) is 12.5 Å². The molecular weight excluding hydrogens is 274 g/mol. The maximum Gasteiger partial charge on any atom is 0.228 e. The van der Waals surface area contributed by atoms with Gasteiger partial charge in [0.1, 0.15) is 0 Å². The Kier molecular flexibility index (Phi) is 5.11. The SMILES string of the molecule is C#CCNC(=O)C(C)c1cccc(C(=O)c2ccccc2)c1. The van der Waals surface area contributed by atoms with Crippen molar-refractivity contribution in [2.24, 2.45) is 0 Å². The quantitative estimate of drug-likeness (QED) is 0.680. The Morgan fingerprint density at radius 1 is 1.09 bits per heavy atom. The van der Waals surface area contributed by atoms with Crippen molar-refractivity contribution in [3.05, 3.63) is 71.3 Å². The van der Waals surface area contributed by atoms with E-state index in [0.29, 0.717) is 11.1 Å². The Hall–Kier alpha value is -2.86. The second kappa shape index (κ2) is 7.24. The molecule has 0 spiro atoms. The highest BCUT2D eigenvalue weighted by atomic mass is 16.1. The minimum absolute atomic E-state index is 0.0568. The second-order valence-corrected chi connectivity index (χ2v) is 4.96. The largest absolute Gasteiger partial charge is 0.345 e. The third-order valence-electron chi connectivity index (χ3n) is 3.44. The van der Waals surface area contributed by atoms with Crippen LogP contribution in [-0.2, 0) is 4.79 Å². The van der Waals surface area contributed by atoms with Crippen LogP contribution in [0.2, 0.25) is 0 Å². The lowest BCUT2D eigenvalue weighted by Gasteiger charge is -2.12. The molecule has 0 radical (unpaired) electrons. The van der Waals surface area contributed by atoms with Crippen molar-refractivity contribution in [2.45, 2.75) is 12.8 Å². The van der Waals surface area contributed by atoms with Crippen LogP contribution >= 0.6 is 0 Å². The molecule has 0 aliphatic rings. The summed E-state index contributed by atoms with van der Waals surface area (Å²) in [6.45, 7) is 1.99. The highest BCUT2D eigenvalue weighted by Gasteiger charge is 2.16. The maximum atomic E-state index is 12.4. The fourth-order valence-electron chi connectivity index (χ4n) is 2.15. The van der Waals surface area contributed by atoms with Crippen LogP contribution in [0.5, 0.6) is 0 Å². The average molecular weight is 291 g/mol. The predicted octanol–water partition coefficient (Wildman–Crippen LogP) is 2.77. The number of hydrogen-bond acceptors (Lipinski definition) is 2. The van der Waals surface area contributed by atoms with Gasteiger partial charge < -0.3 is 5.32 Å². The summed E-state index contributed by atoms with van der Waals surface area (Å²) in [5.74, 6) is 1.80. The average Bonchev–Trinajstić information content (AvgIpc) is 2.59. The third kappa shape index (κ3) is 3.62. The van der Waals surface area contributed by atoms with Crippen LogP contribution in [-0.4, -0.2) is 18.2 Å². The first-order valence-corrected chi connectivity index (χ1v) is 7.04. The maximum absolute atomic E-state index is 12.4. The first-order valence-electron chi connectivity index (χ1n) is 7.04. The number of rotatable bonds is 5. The lowest BCUT2D eigenvalue weighted by Crippen LogP contribution is -2.28. The van der Waals surface area contributed by atoms with Crippen LogP contribution < -0.4 is 5.32 Å². The summed E-state index contributed by atoms with van der Waals surface area (Å²) in [6.07, 6.45) is 5.13. The van der Waals surface area contributed by atoms with Crippen LogP contribution in [0.1, 0.15) is 34.3 Å². The number of carbonyl (C=O) groups is 2. The zero-order valence-corrected chi connectivity index (χ0v) is 12.4. The van der Waals surface area contributed by atoms with Crippen molar-refractivity contribution >= 4 is 11.7 Å². The molecule has 1 amide bonds. The predicted molar refractivity (Wildman–Crippen MR) is 86.6 cm³/mol. The van der Waals surface area contributed by atoms with Crippen molar-refractivity contribution in [3.8, 4) is 12.3 Å². The van der Waals surface area contributed by atoms with Crippen LogP contribution in [0.15, 0.2) is 54.6 Å². The van der Waals surface area contributed by atoms with E-state index in [1.165, 1.54) is 0 Å². The Bertz CT molecular complexity index is 714. The van der Waals surface area contributed by atoms with Gasteiger partial charge in [0, 0.05) is 11.1 Å². The first-order chi connectivity index (χ1) is 10.6. The molecule has 0 fully saturated rings. The summed E-state index contributed by atoms with van der Waals surface area (Å²) in [7, 11) is 0. The molecule has 0 aliphatic carbocycles. The Labute approximate surface area is 130 Å². The van der Waals surface area contributed by atoms with Crippen molar-refractivity contribution in [3.63, 3.8) is 0 Å². The molecule has 1 unspecified atom stereocenters. The topological polar surface area (TPSA) is 46.2 Å². The summed E-state index contributed by atoms with van der Waals surface area (Å²) in [5.41, 5.74) is 1.99. The molecule has 1 N–H and O–H groups in total. The van der Waals surface area contributed by atoms with E-state index in [1.54, 1.807) is 37.3 Å². The summed E-state index contributed by atoms with van der Waals surface area (Å²) >= 11 is 0. The monoisotopic (exact) mass is 291 g/mol. The number of terminal acetylenes is 1. The van der Waals surface area contributed by atoms with Gasteiger partial charge in [-0.3, -0.25) is 9.59 Å². The minimum atomic E-state index is -0.364. The molecule has 0 bridgehead atoms. The molecule has 2 rings (SSSR count). The molecule has 22 heavy (non-hydrogen) atoms. The van der Waals surface area contributed by atoms with Gasteiger partial charge in [0.2, 0.25) is 5.91 Å². The molecule has 2 aromatic rings. The number of hydrogen-bond donors (Lipinski definition) is 1. The zero-order valence-electron chi connectivity index (χ0n) is 12.4. The van der Waals surface area contributed by atoms with Crippen molar-refractivity contribution in [1.82, 2.24) is 5.32 Å². The van der Waals surface area contributed by atoms with Gasteiger partial charge in [0.25, 0.3) is 0 Å². The molecular formula is C19H17NO2. The summed E-state index contributed by atoms with van der Waals surface area (Å²) < 4.78 is 0. The standard InChI is InChI=1S/C19H17NO2/c1-3-12-20-19(22)14(2)16-10-7-11-17(13-16)18(21)15-8-5-4-6-9-15/h1,4-11,13-14H,12H2,2H3,(H,20,22). The zero-order chi connectivity index (χ0) is 15.9. The van der Waals surface area contributed by atoms with E-state index in [-0.39, 0.29) is 24.2 Å². The van der Waals surface area contributed by atoms with Crippen molar-refractivity contribution in [2.75, 3.05) is 6.54 Å². The lowest BCUT2D eigenvalue weighted by molar-refractivity contribution is -0.121. The van der Waals surface area contributed by atoms with E-state index >= 15 is 0 Å².